The summed E-state index contributed by atoms with van der Waals surface area (Å²) in [5.74, 6) is 2.16. The Kier molecular flexibility index (Phi) is 3.56. The second-order valence-corrected chi connectivity index (χ2v) is 7.54. The van der Waals surface area contributed by atoms with Crippen molar-refractivity contribution in [2.24, 2.45) is 11.8 Å². The minimum atomic E-state index is 0.603. The molecule has 0 aromatic heterocycles. The van der Waals surface area contributed by atoms with E-state index in [0.29, 0.717) is 11.8 Å². The van der Waals surface area contributed by atoms with E-state index in [2.05, 4.69) is 56.4 Å². The van der Waals surface area contributed by atoms with Crippen LogP contribution in [0, 0.1) is 11.8 Å². The Bertz CT molecular complexity index is 663. The fourth-order valence-corrected chi connectivity index (χ4v) is 4.42. The molecule has 1 saturated carbocycles. The second kappa shape index (κ2) is 5.57. The van der Waals surface area contributed by atoms with E-state index in [1.54, 1.807) is 5.57 Å². The number of allylic oxidation sites excluding steroid dienone is 5. The van der Waals surface area contributed by atoms with Gasteiger partial charge in [-0.15, -0.1) is 0 Å². The molecular weight excluding hydrogens is 264 g/mol. The highest BCUT2D eigenvalue weighted by Crippen LogP contribution is 2.40. The van der Waals surface area contributed by atoms with E-state index < -0.39 is 0 Å². The number of hydrogen-bond acceptors (Lipinski definition) is 0. The third-order valence-corrected chi connectivity index (χ3v) is 5.76. The molecule has 114 valence electrons. The summed E-state index contributed by atoms with van der Waals surface area (Å²) in [6.45, 7) is 4.63. The number of fused-ring (bicyclic) bond motifs is 1. The topological polar surface area (TPSA) is 0 Å². The van der Waals surface area contributed by atoms with E-state index in [4.69, 9.17) is 0 Å². The fourth-order valence-electron chi connectivity index (χ4n) is 4.42. The average molecular weight is 290 g/mol. The molecule has 0 heteroatoms. The van der Waals surface area contributed by atoms with Crippen molar-refractivity contribution in [3.63, 3.8) is 0 Å². The van der Waals surface area contributed by atoms with Crippen molar-refractivity contribution in [1.82, 2.24) is 0 Å². The molecule has 3 aliphatic rings. The molecule has 22 heavy (non-hydrogen) atoms. The summed E-state index contributed by atoms with van der Waals surface area (Å²) in [6.07, 6.45) is 16.5. The van der Waals surface area contributed by atoms with Crippen molar-refractivity contribution >= 4 is 11.6 Å². The van der Waals surface area contributed by atoms with Gasteiger partial charge in [-0.3, -0.25) is 0 Å². The maximum Gasteiger partial charge on any atom is 0.00502 e. The van der Waals surface area contributed by atoms with E-state index in [1.165, 1.54) is 54.4 Å². The highest BCUT2D eigenvalue weighted by atomic mass is 14.3. The smallest absolute Gasteiger partial charge is 0.00502 e. The molecule has 1 atom stereocenters. The first-order chi connectivity index (χ1) is 10.7. The molecule has 3 aliphatic carbocycles. The van der Waals surface area contributed by atoms with Crippen LogP contribution in [0.15, 0.2) is 42.0 Å². The summed E-state index contributed by atoms with van der Waals surface area (Å²) < 4.78 is 0. The van der Waals surface area contributed by atoms with Gasteiger partial charge < -0.3 is 0 Å². The van der Waals surface area contributed by atoms with Gasteiger partial charge in [0, 0.05) is 5.92 Å². The Hall–Kier alpha value is -1.56. The van der Waals surface area contributed by atoms with Crippen LogP contribution in [0.1, 0.15) is 68.6 Å². The summed E-state index contributed by atoms with van der Waals surface area (Å²) >= 11 is 0. The van der Waals surface area contributed by atoms with Gasteiger partial charge in [-0.2, -0.15) is 0 Å². The molecule has 1 aromatic carbocycles. The van der Waals surface area contributed by atoms with Gasteiger partial charge >= 0.3 is 0 Å². The molecule has 0 aliphatic heterocycles. The molecule has 0 saturated heterocycles. The summed E-state index contributed by atoms with van der Waals surface area (Å²) in [4.78, 5) is 0. The lowest BCUT2D eigenvalue weighted by Crippen LogP contribution is -2.01. The Morgan fingerprint density at radius 1 is 1.09 bits per heavy atom. The SMILES string of the molecule is CC(C)C1C=Cc2cc(C3=CCC(C4CCCC4)=C3)ccc21. The van der Waals surface area contributed by atoms with E-state index in [0.717, 1.165) is 5.92 Å². The maximum absolute atomic E-state index is 2.48. The molecule has 0 heterocycles. The van der Waals surface area contributed by atoms with E-state index in [-0.39, 0.29) is 0 Å². The van der Waals surface area contributed by atoms with Gasteiger partial charge in [0.15, 0.2) is 0 Å². The summed E-state index contributed by atoms with van der Waals surface area (Å²) in [5, 5.41) is 0. The van der Waals surface area contributed by atoms with Crippen LogP contribution in [0.3, 0.4) is 0 Å². The van der Waals surface area contributed by atoms with Gasteiger partial charge in [-0.05, 0) is 59.4 Å². The summed E-state index contributed by atoms with van der Waals surface area (Å²) in [5.41, 5.74) is 7.48. The average Bonchev–Trinajstić information content (AvgIpc) is 3.25. The zero-order chi connectivity index (χ0) is 15.1. The van der Waals surface area contributed by atoms with Crippen LogP contribution in [0.4, 0.5) is 0 Å². The molecular formula is C22H26. The molecule has 0 N–H and O–H groups in total. The molecule has 1 fully saturated rings. The van der Waals surface area contributed by atoms with Crippen molar-refractivity contribution in [2.45, 2.75) is 51.9 Å². The van der Waals surface area contributed by atoms with Gasteiger partial charge in [0.2, 0.25) is 0 Å². The van der Waals surface area contributed by atoms with Crippen LogP contribution >= 0.6 is 0 Å². The van der Waals surface area contributed by atoms with Crippen LogP contribution in [0.2, 0.25) is 0 Å². The summed E-state index contributed by atoms with van der Waals surface area (Å²) in [6, 6.07) is 7.09. The Morgan fingerprint density at radius 2 is 1.91 bits per heavy atom. The lowest BCUT2D eigenvalue weighted by atomic mass is 9.89. The third kappa shape index (κ3) is 2.39. The minimum absolute atomic E-state index is 0.603. The minimum Gasteiger partial charge on any atom is -0.0761 e. The first-order valence-electron chi connectivity index (χ1n) is 8.95. The van der Waals surface area contributed by atoms with E-state index >= 15 is 0 Å². The molecule has 4 rings (SSSR count). The van der Waals surface area contributed by atoms with E-state index in [9.17, 15) is 0 Å². The highest BCUT2D eigenvalue weighted by molar-refractivity contribution is 5.80. The van der Waals surface area contributed by atoms with E-state index in [1.807, 2.05) is 0 Å². The van der Waals surface area contributed by atoms with Crippen molar-refractivity contribution in [3.8, 4) is 0 Å². The third-order valence-electron chi connectivity index (χ3n) is 5.76. The van der Waals surface area contributed by atoms with Crippen molar-refractivity contribution in [3.05, 3.63) is 58.7 Å². The predicted octanol–water partition coefficient (Wildman–Crippen LogP) is 6.36. The standard InChI is InChI=1S/C22H26/c1-15(2)21-11-10-20-14-19(9-12-22(20)21)18-8-7-17(13-18)16-5-3-4-6-16/h8-16,21H,3-7H2,1-2H3. The number of benzene rings is 1. The molecule has 0 amide bonds. The molecule has 0 radical (unpaired) electrons. The molecule has 0 nitrogen and oxygen atoms in total. The zero-order valence-corrected chi connectivity index (χ0v) is 13.8. The quantitative estimate of drug-likeness (QED) is 0.608. The van der Waals surface area contributed by atoms with Gasteiger partial charge in [-0.25, -0.2) is 0 Å². The summed E-state index contributed by atoms with van der Waals surface area (Å²) in [7, 11) is 0. The Morgan fingerprint density at radius 3 is 2.68 bits per heavy atom. The Balaban J connectivity index is 1.58. The van der Waals surface area contributed by atoms with Crippen molar-refractivity contribution in [1.29, 1.82) is 0 Å². The molecule has 0 spiro atoms. The normalized spacial score (nSPS) is 24.0. The zero-order valence-electron chi connectivity index (χ0n) is 13.8. The monoisotopic (exact) mass is 290 g/mol. The number of hydrogen-bond donors (Lipinski definition) is 0. The Labute approximate surface area is 134 Å². The van der Waals surface area contributed by atoms with Crippen LogP contribution in [-0.2, 0) is 0 Å². The maximum atomic E-state index is 2.48. The molecule has 1 aromatic rings. The lowest BCUT2D eigenvalue weighted by Gasteiger charge is -2.15. The first-order valence-corrected chi connectivity index (χ1v) is 8.95. The van der Waals surface area contributed by atoms with Gasteiger partial charge in [0.1, 0.15) is 0 Å². The fraction of sp³-hybridized carbons (Fsp3) is 0.455. The van der Waals surface area contributed by atoms with Crippen molar-refractivity contribution < 1.29 is 0 Å². The van der Waals surface area contributed by atoms with Gasteiger partial charge in [0.05, 0.1) is 0 Å². The van der Waals surface area contributed by atoms with Crippen LogP contribution in [0.5, 0.6) is 0 Å². The van der Waals surface area contributed by atoms with Crippen molar-refractivity contribution in [2.75, 3.05) is 0 Å². The lowest BCUT2D eigenvalue weighted by molar-refractivity contribution is 0.584. The van der Waals surface area contributed by atoms with Crippen LogP contribution < -0.4 is 0 Å². The molecule has 1 unspecified atom stereocenters. The van der Waals surface area contributed by atoms with Gasteiger partial charge in [-0.1, -0.05) is 68.7 Å². The predicted molar refractivity (Wildman–Crippen MR) is 95.7 cm³/mol. The van der Waals surface area contributed by atoms with Crippen LogP contribution in [-0.4, -0.2) is 0 Å². The number of rotatable bonds is 3. The molecule has 0 bridgehead atoms. The largest absolute Gasteiger partial charge is 0.0761 e. The first kappa shape index (κ1) is 14.1. The van der Waals surface area contributed by atoms with Crippen LogP contribution in [0.25, 0.3) is 11.6 Å². The van der Waals surface area contributed by atoms with Gasteiger partial charge in [0.25, 0.3) is 0 Å². The second-order valence-electron chi connectivity index (χ2n) is 7.54. The highest BCUT2D eigenvalue weighted by Gasteiger charge is 2.23.